The van der Waals surface area contributed by atoms with Gasteiger partial charge in [-0.05, 0) is 94.8 Å². The molecule has 4 fully saturated rings. The Balaban J connectivity index is 0.00000308. The summed E-state index contributed by atoms with van der Waals surface area (Å²) in [6.07, 6.45) is 9.20. The standard InChI is InChI=1S/C30H41FN4O3.H2/c1-4-30(5-2)17-35(18-30)29-33-26(25(38-29)16-34-10-6-7-11-34)28(36)32-22-12-19(3)27(24(31)15-22)37-23-13-20-8-9-21(20)14-23;/h12,15,20-21,23H,4-11,13-14,16-18H2,1-3H3,(H,32,36);1H. The molecule has 3 heterocycles. The van der Waals surface area contributed by atoms with Crippen LogP contribution in [0.25, 0.3) is 0 Å². The molecule has 2 unspecified atom stereocenters. The van der Waals surface area contributed by atoms with Gasteiger partial charge >= 0.3 is 0 Å². The van der Waals surface area contributed by atoms with Gasteiger partial charge in [-0.1, -0.05) is 13.8 Å². The van der Waals surface area contributed by atoms with E-state index in [0.717, 1.165) is 76.5 Å². The van der Waals surface area contributed by atoms with Crippen molar-refractivity contribution in [2.24, 2.45) is 17.3 Å². The molecule has 2 saturated carbocycles. The Labute approximate surface area is 226 Å². The van der Waals surface area contributed by atoms with Gasteiger partial charge in [0.1, 0.15) is 0 Å². The molecule has 2 aliphatic heterocycles. The van der Waals surface area contributed by atoms with E-state index in [-0.39, 0.29) is 19.1 Å². The smallest absolute Gasteiger partial charge is 0.298 e. The molecule has 2 aromatic rings. The second kappa shape index (κ2) is 10.2. The van der Waals surface area contributed by atoms with Crippen LogP contribution in [0.3, 0.4) is 0 Å². The average molecular weight is 527 g/mol. The van der Waals surface area contributed by atoms with Crippen LogP contribution in [-0.4, -0.2) is 48.1 Å². The van der Waals surface area contributed by atoms with Crippen molar-refractivity contribution in [3.05, 3.63) is 35.0 Å². The van der Waals surface area contributed by atoms with Gasteiger partial charge in [-0.25, -0.2) is 4.39 Å². The van der Waals surface area contributed by atoms with E-state index < -0.39 is 5.82 Å². The molecular formula is C30H43FN4O3. The van der Waals surface area contributed by atoms with Crippen LogP contribution in [0.1, 0.15) is 88.5 Å². The fourth-order valence-corrected chi connectivity index (χ4v) is 6.93. The van der Waals surface area contributed by atoms with Crippen molar-refractivity contribution in [2.75, 3.05) is 36.4 Å². The molecule has 2 aliphatic carbocycles. The Morgan fingerprint density at radius 1 is 1.18 bits per heavy atom. The molecule has 1 amide bonds. The lowest BCUT2D eigenvalue weighted by molar-refractivity contribution is 0.101. The molecule has 0 bridgehead atoms. The number of aromatic nitrogens is 1. The fourth-order valence-electron chi connectivity index (χ4n) is 6.93. The zero-order valence-electron chi connectivity index (χ0n) is 23.0. The number of benzene rings is 1. The predicted octanol–water partition coefficient (Wildman–Crippen LogP) is 6.41. The van der Waals surface area contributed by atoms with E-state index in [2.05, 4.69) is 33.9 Å². The molecule has 208 valence electrons. The van der Waals surface area contributed by atoms with Gasteiger partial charge in [-0.2, -0.15) is 4.98 Å². The lowest BCUT2D eigenvalue weighted by Crippen LogP contribution is -2.56. The van der Waals surface area contributed by atoms with Crippen molar-refractivity contribution in [1.82, 2.24) is 9.88 Å². The first-order valence-electron chi connectivity index (χ1n) is 14.6. The van der Waals surface area contributed by atoms with Gasteiger partial charge in [0.2, 0.25) is 0 Å². The van der Waals surface area contributed by atoms with Crippen molar-refractivity contribution >= 4 is 17.6 Å². The highest BCUT2D eigenvalue weighted by Crippen LogP contribution is 2.48. The summed E-state index contributed by atoms with van der Waals surface area (Å²) in [6.45, 7) is 10.6. The molecule has 2 atom stereocenters. The number of anilines is 2. The van der Waals surface area contributed by atoms with E-state index in [1.54, 1.807) is 6.07 Å². The van der Waals surface area contributed by atoms with Crippen LogP contribution in [0.2, 0.25) is 0 Å². The maximum atomic E-state index is 15.2. The number of carbonyl (C=O) groups excluding carboxylic acids is 1. The first-order chi connectivity index (χ1) is 18.4. The van der Waals surface area contributed by atoms with E-state index in [9.17, 15) is 4.79 Å². The van der Waals surface area contributed by atoms with Gasteiger partial charge in [-0.3, -0.25) is 9.69 Å². The summed E-state index contributed by atoms with van der Waals surface area (Å²) in [4.78, 5) is 22.5. The summed E-state index contributed by atoms with van der Waals surface area (Å²) in [5.74, 6) is 1.58. The van der Waals surface area contributed by atoms with Crippen LogP contribution in [0, 0.1) is 30.0 Å². The number of carbonyl (C=O) groups is 1. The molecule has 4 aliphatic rings. The second-order valence-corrected chi connectivity index (χ2v) is 12.2. The van der Waals surface area contributed by atoms with Crippen molar-refractivity contribution in [1.29, 1.82) is 0 Å². The predicted molar refractivity (Wildman–Crippen MR) is 147 cm³/mol. The molecule has 1 aromatic heterocycles. The van der Waals surface area contributed by atoms with Gasteiger partial charge in [0.05, 0.1) is 12.6 Å². The van der Waals surface area contributed by atoms with E-state index in [0.29, 0.717) is 40.7 Å². The average Bonchev–Trinajstić information content (AvgIpc) is 3.58. The summed E-state index contributed by atoms with van der Waals surface area (Å²) in [5.41, 5.74) is 1.68. The summed E-state index contributed by atoms with van der Waals surface area (Å²) < 4.78 is 27.5. The van der Waals surface area contributed by atoms with Crippen molar-refractivity contribution < 1.29 is 19.8 Å². The number of halogens is 1. The van der Waals surface area contributed by atoms with Crippen LogP contribution in [0.5, 0.6) is 5.75 Å². The van der Waals surface area contributed by atoms with Crippen molar-refractivity contribution in [3.63, 3.8) is 0 Å². The lowest BCUT2D eigenvalue weighted by Gasteiger charge is -2.49. The Bertz CT molecular complexity index is 1150. The molecule has 7 nitrogen and oxygen atoms in total. The molecule has 6 rings (SSSR count). The molecule has 38 heavy (non-hydrogen) atoms. The Morgan fingerprint density at radius 2 is 1.87 bits per heavy atom. The number of oxazole rings is 1. The normalized spacial score (nSPS) is 26.1. The minimum Gasteiger partial charge on any atom is -0.487 e. The summed E-state index contributed by atoms with van der Waals surface area (Å²) in [5, 5.41) is 2.88. The SMILES string of the molecule is CCC1(CC)CN(c2nc(C(=O)Nc3cc(C)c(OC4CC5CCC5C4)c(F)c3)c(CN3CCCC3)o2)C1.[HH]. The number of nitrogens with one attached hydrogen (secondary N) is 1. The highest BCUT2D eigenvalue weighted by Gasteiger charge is 2.43. The number of rotatable bonds is 9. The molecule has 0 radical (unpaired) electrons. The largest absolute Gasteiger partial charge is 0.487 e. The summed E-state index contributed by atoms with van der Waals surface area (Å²) >= 11 is 0. The van der Waals surface area contributed by atoms with Crippen LogP contribution in [-0.2, 0) is 6.54 Å². The maximum Gasteiger partial charge on any atom is 0.298 e. The Hall–Kier alpha value is -2.61. The fraction of sp³-hybridized carbons (Fsp3) is 0.667. The van der Waals surface area contributed by atoms with E-state index in [1.807, 2.05) is 6.92 Å². The van der Waals surface area contributed by atoms with E-state index in [4.69, 9.17) is 9.15 Å². The molecule has 0 spiro atoms. The lowest BCUT2D eigenvalue weighted by atomic mass is 9.75. The number of hydrogen-bond acceptors (Lipinski definition) is 6. The Morgan fingerprint density at radius 3 is 2.47 bits per heavy atom. The molecule has 8 heteroatoms. The third-order valence-corrected chi connectivity index (χ3v) is 9.77. The third-order valence-electron chi connectivity index (χ3n) is 9.77. The topological polar surface area (TPSA) is 70.8 Å². The molecular weight excluding hydrogens is 483 g/mol. The number of nitrogens with zero attached hydrogens (tertiary/aromatic N) is 3. The highest BCUT2D eigenvalue weighted by molar-refractivity contribution is 6.03. The number of ether oxygens (including phenoxy) is 1. The number of aryl methyl sites for hydroxylation is 1. The zero-order chi connectivity index (χ0) is 26.4. The van der Waals surface area contributed by atoms with Crippen molar-refractivity contribution in [3.8, 4) is 5.75 Å². The van der Waals surface area contributed by atoms with Gasteiger partial charge < -0.3 is 19.4 Å². The summed E-state index contributed by atoms with van der Waals surface area (Å²) in [6, 6.07) is 3.66. The monoisotopic (exact) mass is 526 g/mol. The highest BCUT2D eigenvalue weighted by atomic mass is 19.1. The van der Waals surface area contributed by atoms with Crippen LogP contribution in [0.15, 0.2) is 16.5 Å². The molecule has 1 N–H and O–H groups in total. The van der Waals surface area contributed by atoms with Crippen LogP contribution < -0.4 is 15.0 Å². The second-order valence-electron chi connectivity index (χ2n) is 12.2. The summed E-state index contributed by atoms with van der Waals surface area (Å²) in [7, 11) is 0. The zero-order valence-corrected chi connectivity index (χ0v) is 23.0. The van der Waals surface area contributed by atoms with Crippen LogP contribution >= 0.6 is 0 Å². The molecule has 1 aromatic carbocycles. The first-order valence-corrected chi connectivity index (χ1v) is 14.6. The Kier molecular flexibility index (Phi) is 6.87. The van der Waals surface area contributed by atoms with Gasteiger partial charge in [0.25, 0.3) is 11.9 Å². The van der Waals surface area contributed by atoms with Crippen LogP contribution in [0.4, 0.5) is 16.1 Å². The van der Waals surface area contributed by atoms with Gasteiger partial charge in [0.15, 0.2) is 23.0 Å². The molecule has 2 saturated heterocycles. The van der Waals surface area contributed by atoms with E-state index >= 15 is 4.39 Å². The minimum absolute atomic E-state index is 0. The van der Waals surface area contributed by atoms with Gasteiger partial charge in [0, 0.05) is 31.7 Å². The van der Waals surface area contributed by atoms with E-state index in [1.165, 1.54) is 18.9 Å². The number of likely N-dealkylation sites (tertiary alicyclic amines) is 1. The number of fused-ring (bicyclic) bond motifs is 1. The minimum atomic E-state index is -0.436. The number of hydrogen-bond donors (Lipinski definition) is 1. The third kappa shape index (κ3) is 4.80. The maximum absolute atomic E-state index is 15.2. The van der Waals surface area contributed by atoms with Gasteiger partial charge in [-0.15, -0.1) is 0 Å². The number of amides is 1. The van der Waals surface area contributed by atoms with Crippen molar-refractivity contribution in [2.45, 2.75) is 84.8 Å². The quantitative estimate of drug-likeness (QED) is 0.407. The first kappa shape index (κ1) is 25.7.